The predicted octanol–water partition coefficient (Wildman–Crippen LogP) is 4.58. The first-order chi connectivity index (χ1) is 20.1. The first kappa shape index (κ1) is 28.4. The number of likely N-dealkylation sites (tertiary alicyclic amines) is 2. The van der Waals surface area contributed by atoms with Crippen LogP contribution in [0.2, 0.25) is 5.02 Å². The van der Waals surface area contributed by atoms with E-state index in [1.54, 1.807) is 27.8 Å². The summed E-state index contributed by atoms with van der Waals surface area (Å²) in [5.41, 5.74) is 2.60. The molecule has 0 bridgehead atoms. The van der Waals surface area contributed by atoms with Crippen LogP contribution in [0.4, 0.5) is 13.2 Å². The number of H-pyrrole nitrogens is 1. The van der Waals surface area contributed by atoms with E-state index in [-0.39, 0.29) is 41.8 Å². The summed E-state index contributed by atoms with van der Waals surface area (Å²) in [7, 11) is 0. The van der Waals surface area contributed by atoms with Gasteiger partial charge in [-0.15, -0.1) is 10.2 Å². The zero-order chi connectivity index (χ0) is 29.4. The van der Waals surface area contributed by atoms with E-state index in [9.17, 15) is 22.8 Å². The summed E-state index contributed by atoms with van der Waals surface area (Å²) in [6, 6.07) is 9.00. The Labute approximate surface area is 243 Å². The molecule has 2 aliphatic rings. The third-order valence-electron chi connectivity index (χ3n) is 8.07. The van der Waals surface area contributed by atoms with Crippen molar-refractivity contribution in [3.8, 4) is 11.5 Å². The summed E-state index contributed by atoms with van der Waals surface area (Å²) < 4.78 is 45.8. The zero-order valence-electron chi connectivity index (χ0n) is 22.6. The summed E-state index contributed by atoms with van der Waals surface area (Å²) in [6.07, 6.45) is -0.206. The molecule has 2 fully saturated rings. The molecule has 0 unspecified atom stereocenters. The molecule has 14 heteroatoms. The van der Waals surface area contributed by atoms with Crippen molar-refractivity contribution in [2.24, 2.45) is 0 Å². The quantitative estimate of drug-likeness (QED) is 0.343. The van der Waals surface area contributed by atoms with E-state index in [2.05, 4.69) is 20.2 Å². The number of nitrogens with one attached hydrogen (secondary N) is 1. The van der Waals surface area contributed by atoms with E-state index in [4.69, 9.17) is 16.0 Å². The van der Waals surface area contributed by atoms with Gasteiger partial charge in [-0.1, -0.05) is 11.6 Å². The second-order valence-corrected chi connectivity index (χ2v) is 11.3. The van der Waals surface area contributed by atoms with Crippen LogP contribution in [-0.2, 0) is 11.2 Å². The van der Waals surface area contributed by atoms with Crippen LogP contribution in [0.3, 0.4) is 0 Å². The van der Waals surface area contributed by atoms with Gasteiger partial charge in [0.25, 0.3) is 0 Å². The number of carbonyl (C=O) groups excluding carboxylic acids is 1. The Bertz CT molecular complexity index is 1630. The van der Waals surface area contributed by atoms with Gasteiger partial charge < -0.3 is 9.32 Å². The largest absolute Gasteiger partial charge is 0.420 e. The zero-order valence-corrected chi connectivity index (χ0v) is 23.4. The maximum absolute atomic E-state index is 13.0. The van der Waals surface area contributed by atoms with Crippen molar-refractivity contribution in [3.63, 3.8) is 0 Å². The molecule has 1 amide bonds. The molecule has 42 heavy (non-hydrogen) atoms. The van der Waals surface area contributed by atoms with E-state index in [1.807, 2.05) is 18.2 Å². The molecule has 6 rings (SSSR count). The number of hydrogen-bond donors (Lipinski definition) is 1. The number of aromatic amines is 1. The van der Waals surface area contributed by atoms with E-state index in [1.165, 1.54) is 4.90 Å². The van der Waals surface area contributed by atoms with E-state index < -0.39 is 12.7 Å². The van der Waals surface area contributed by atoms with E-state index in [0.717, 1.165) is 11.1 Å². The fourth-order valence-corrected chi connectivity index (χ4v) is 6.27. The molecule has 10 nitrogen and oxygen atoms in total. The molecule has 3 aromatic heterocycles. The van der Waals surface area contributed by atoms with E-state index >= 15 is 0 Å². The highest BCUT2D eigenvalue weighted by molar-refractivity contribution is 6.30. The Balaban J connectivity index is 1.07. The van der Waals surface area contributed by atoms with Crippen LogP contribution in [0.15, 0.2) is 45.7 Å². The number of pyridine rings is 1. The van der Waals surface area contributed by atoms with Crippen LogP contribution in [0.25, 0.3) is 22.6 Å². The Morgan fingerprint density at radius 1 is 1.07 bits per heavy atom. The third kappa shape index (κ3) is 6.21. The normalized spacial score (nSPS) is 17.8. The predicted molar refractivity (Wildman–Crippen MR) is 148 cm³/mol. The Morgan fingerprint density at radius 3 is 2.57 bits per heavy atom. The fourth-order valence-electron chi connectivity index (χ4n) is 6.03. The Morgan fingerprint density at radius 2 is 1.83 bits per heavy atom. The van der Waals surface area contributed by atoms with Crippen LogP contribution >= 0.6 is 11.6 Å². The van der Waals surface area contributed by atoms with Gasteiger partial charge in [0.1, 0.15) is 6.42 Å². The number of fused-ring (bicyclic) bond motifs is 1. The first-order valence-electron chi connectivity index (χ1n) is 13.9. The van der Waals surface area contributed by atoms with Crippen molar-refractivity contribution < 1.29 is 22.4 Å². The monoisotopic (exact) mass is 603 g/mol. The molecule has 2 aliphatic heterocycles. The molecule has 0 aliphatic carbocycles. The molecular formula is C28H29ClF3N7O3. The topological polar surface area (TPSA) is 113 Å². The van der Waals surface area contributed by atoms with Crippen LogP contribution in [0.5, 0.6) is 0 Å². The highest BCUT2D eigenvalue weighted by atomic mass is 35.5. The summed E-state index contributed by atoms with van der Waals surface area (Å²) in [5.74, 6) is 0.323. The van der Waals surface area contributed by atoms with Gasteiger partial charge >= 0.3 is 11.9 Å². The number of imidazole rings is 1. The molecular weight excluding hydrogens is 575 g/mol. The van der Waals surface area contributed by atoms with Crippen molar-refractivity contribution >= 4 is 28.7 Å². The first-order valence-corrected chi connectivity index (χ1v) is 14.3. The summed E-state index contributed by atoms with van der Waals surface area (Å²) in [4.78, 5) is 35.7. The number of aromatic nitrogens is 5. The maximum atomic E-state index is 13.0. The number of halogens is 4. The smallest absolute Gasteiger partial charge is 0.401 e. The minimum absolute atomic E-state index is 0.0385. The molecule has 0 saturated carbocycles. The minimum atomic E-state index is -4.21. The summed E-state index contributed by atoms with van der Waals surface area (Å²) >= 11 is 6.38. The van der Waals surface area contributed by atoms with Crippen molar-refractivity contribution in [1.82, 2.24) is 34.5 Å². The average Bonchev–Trinajstić information content (AvgIpc) is 3.56. The SMILES string of the molecule is O=C(Cc1nnc(-c2cc(Cl)cc(C3CCN(CC(F)(F)F)CC3)c2)o1)N1CCC(n2c(=O)[nH]c3ncccc32)CC1. The van der Waals surface area contributed by atoms with Gasteiger partial charge in [-0.3, -0.25) is 19.2 Å². The number of nitrogens with zero attached hydrogens (tertiary/aromatic N) is 6. The lowest BCUT2D eigenvalue weighted by Gasteiger charge is -2.32. The highest BCUT2D eigenvalue weighted by Gasteiger charge is 2.33. The number of carbonyl (C=O) groups is 1. The van der Waals surface area contributed by atoms with Gasteiger partial charge in [-0.2, -0.15) is 13.2 Å². The highest BCUT2D eigenvalue weighted by Crippen LogP contribution is 2.34. The third-order valence-corrected chi connectivity index (χ3v) is 8.29. The van der Waals surface area contributed by atoms with Crippen molar-refractivity contribution in [1.29, 1.82) is 0 Å². The molecule has 5 heterocycles. The standard InChI is InChI=1S/C28H29ClF3N7O3/c29-20-13-18(17-3-8-37(9-4-17)16-28(30,31)32)12-19(14-20)26-36-35-23(42-26)15-24(40)38-10-5-21(6-11-38)39-22-2-1-7-33-25(22)34-27(39)41/h1-2,7,12-14,17,21H,3-6,8-11,15-16H2,(H,33,34,41). The molecule has 0 atom stereocenters. The van der Waals surface area contributed by atoms with Crippen LogP contribution in [-0.4, -0.2) is 79.3 Å². The van der Waals surface area contributed by atoms with Crippen LogP contribution in [0.1, 0.15) is 49.1 Å². The molecule has 2 saturated heterocycles. The van der Waals surface area contributed by atoms with Gasteiger partial charge in [0, 0.05) is 35.9 Å². The average molecular weight is 604 g/mol. The van der Waals surface area contributed by atoms with Gasteiger partial charge in [-0.25, -0.2) is 9.78 Å². The van der Waals surface area contributed by atoms with Crippen molar-refractivity contribution in [2.75, 3.05) is 32.7 Å². The number of amides is 1. The number of rotatable bonds is 6. The number of alkyl halides is 3. The Hall–Kier alpha value is -3.71. The second kappa shape index (κ2) is 11.5. The summed E-state index contributed by atoms with van der Waals surface area (Å²) in [5, 5.41) is 8.65. The van der Waals surface area contributed by atoms with Gasteiger partial charge in [0.2, 0.25) is 17.7 Å². The van der Waals surface area contributed by atoms with E-state index in [0.29, 0.717) is 68.1 Å². The lowest BCUT2D eigenvalue weighted by Crippen LogP contribution is -2.41. The molecule has 4 aromatic rings. The molecule has 222 valence electrons. The molecule has 1 aromatic carbocycles. The summed E-state index contributed by atoms with van der Waals surface area (Å²) in [6.45, 7) is 0.786. The molecule has 0 radical (unpaired) electrons. The maximum Gasteiger partial charge on any atom is 0.401 e. The van der Waals surface area contributed by atoms with Gasteiger partial charge in [0.05, 0.1) is 12.1 Å². The number of benzene rings is 1. The van der Waals surface area contributed by atoms with Gasteiger partial charge in [0.15, 0.2) is 5.65 Å². The molecule has 1 N–H and O–H groups in total. The van der Waals surface area contributed by atoms with Gasteiger partial charge in [-0.05, 0) is 80.6 Å². The lowest BCUT2D eigenvalue weighted by molar-refractivity contribution is -0.148. The number of piperidine rings is 2. The fraction of sp³-hybridized carbons (Fsp3) is 0.464. The second-order valence-electron chi connectivity index (χ2n) is 10.9. The lowest BCUT2D eigenvalue weighted by atomic mass is 9.88. The minimum Gasteiger partial charge on any atom is -0.420 e. The van der Waals surface area contributed by atoms with Crippen molar-refractivity contribution in [2.45, 2.75) is 50.2 Å². The van der Waals surface area contributed by atoms with Crippen LogP contribution < -0.4 is 5.69 Å². The van der Waals surface area contributed by atoms with Crippen LogP contribution in [0, 0.1) is 0 Å². The Kier molecular flexibility index (Phi) is 7.79. The molecule has 0 spiro atoms. The van der Waals surface area contributed by atoms with Crippen molar-refractivity contribution in [3.05, 3.63) is 63.5 Å². The number of hydrogen-bond acceptors (Lipinski definition) is 7.